The lowest BCUT2D eigenvalue weighted by Gasteiger charge is -2.49. The Morgan fingerprint density at radius 1 is 0.376 bits per heavy atom. The monoisotopic (exact) mass is 1890 g/mol. The van der Waals surface area contributed by atoms with Crippen LogP contribution in [0.4, 0.5) is 69.8 Å². The van der Waals surface area contributed by atoms with E-state index in [2.05, 4.69) is 176 Å². The molecule has 0 aromatic carbocycles. The third kappa shape index (κ3) is 17.2. The number of nitrogens with two attached hydrogens (primary N) is 4. The van der Waals surface area contributed by atoms with E-state index in [0.717, 1.165) is 213 Å². The topological polar surface area (TPSA) is 574 Å². The molecule has 16 heterocycles. The first-order valence-electron chi connectivity index (χ1n) is 44.4. The highest BCUT2D eigenvalue weighted by atomic mass is 32.2. The Morgan fingerprint density at radius 3 is 0.962 bits per heavy atom. The van der Waals surface area contributed by atoms with Gasteiger partial charge in [0.25, 0.3) is 40.1 Å². The minimum atomic E-state index is -3.86. The van der Waals surface area contributed by atoms with Crippen molar-refractivity contribution in [2.45, 2.75) is 216 Å². The van der Waals surface area contributed by atoms with Crippen molar-refractivity contribution < 1.29 is 33.7 Å². The van der Waals surface area contributed by atoms with Gasteiger partial charge in [0.1, 0.15) is 91.4 Å². The fourth-order valence-electron chi connectivity index (χ4n) is 19.9. The van der Waals surface area contributed by atoms with Gasteiger partial charge in [-0.15, -0.1) is 0 Å². The summed E-state index contributed by atoms with van der Waals surface area (Å²) in [6.07, 6.45) is 37.0. The Labute approximate surface area is 768 Å². The first kappa shape index (κ1) is 90.5. The molecule has 9 aliphatic rings. The van der Waals surface area contributed by atoms with E-state index in [9.17, 15) is 33.7 Å². The third-order valence-corrected chi connectivity index (χ3v) is 29.4. The summed E-state index contributed by atoms with van der Waals surface area (Å²) in [6, 6.07) is 20.9. The summed E-state index contributed by atoms with van der Waals surface area (Å²) in [4.78, 5) is 71.7. The first-order valence-corrected chi connectivity index (χ1v) is 50.6. The van der Waals surface area contributed by atoms with E-state index in [1.807, 2.05) is 46.4 Å². The molecule has 12 aromatic rings. The maximum Gasteiger partial charge on any atom is 0.255 e. The van der Waals surface area contributed by atoms with Crippen molar-refractivity contribution in [3.05, 3.63) is 122 Å². The Hall–Kier alpha value is -13.0. The van der Waals surface area contributed by atoms with Crippen LogP contribution in [0.15, 0.2) is 162 Å². The molecule has 133 heavy (non-hydrogen) atoms. The van der Waals surface area contributed by atoms with E-state index < -0.39 is 40.1 Å². The van der Waals surface area contributed by atoms with Crippen LogP contribution in [-0.2, 0) is 62.2 Å². The van der Waals surface area contributed by atoms with Crippen molar-refractivity contribution in [2.75, 3.05) is 83.1 Å². The highest BCUT2D eigenvalue weighted by Gasteiger charge is 2.52. The quantitative estimate of drug-likeness (QED) is 0.0455. The molecule has 44 nitrogen and oxygen atoms in total. The standard InChI is InChI=1S/C22H27N9O2S.C22H29N9O2S.C21H27N9O2S.C20H25N9O2S/c1-24-20-22(9-3-2-4-10-22)30-18(31(29-20)16-6-7-16)11-14-12-26-21(28-19(14)30)27-15-5-8-17(25-13-15)34(23,32)33;1-14(2)31-18-11-15-12-26-21(27-16-7-8-17(25-13-16)34(23,32)33)28-19(15)30(18)22(20(24-3)29-31)9-5-4-6-10-22;1-3-29-17-11-14-12-25-20(26-15-7-8-16(24-13-15)33(22,31)32)27-18(14)30(17)21(19(23-2)28-29)9-5-4-6-10-21;1-22-18-20(8-4-3-5-9-20)29-16(28(2)27-18)10-13-11-24-19(26-17(13)29)25-14-6-7-15(23-12-14)32(21,30)31/h5,8,11-13,16H,2-4,6-7,9-10H2,1H3,(H,24,29)(H2,23,32,33)(H,26,27,28);7-8,11-14H,4-6,9-10H2,1-3H3,(H,24,29)(H2,23,32,33)(H,26,27,28);7-8,11-13H,3-6,9-10H2,1-2H3,(H,23,28)(H2,22,31,32)(H,25,26,27);6-7,10-12H,3-5,8-9H2,1-2H3,(H,22,27)(H2,21,30,31)(H,24,25,26). The van der Waals surface area contributed by atoms with Crippen LogP contribution in [0.25, 0.3) is 44.1 Å². The van der Waals surface area contributed by atoms with Crippen LogP contribution >= 0.6 is 0 Å². The molecule has 5 aliphatic carbocycles. The van der Waals surface area contributed by atoms with Gasteiger partial charge in [0.2, 0.25) is 23.8 Å². The van der Waals surface area contributed by atoms with Gasteiger partial charge in [-0.2, -0.15) is 19.9 Å². The van der Waals surface area contributed by atoms with Crippen molar-refractivity contribution in [3.63, 3.8) is 0 Å². The van der Waals surface area contributed by atoms with Crippen LogP contribution in [-0.4, -0.2) is 189 Å². The predicted octanol–water partition coefficient (Wildman–Crippen LogP) is 9.14. The number of aromatic nitrogens is 16. The molecule has 48 heteroatoms. The Morgan fingerprint density at radius 2 is 0.662 bits per heavy atom. The van der Waals surface area contributed by atoms with Crippen LogP contribution in [0.3, 0.4) is 0 Å². The molecule has 4 aliphatic heterocycles. The zero-order chi connectivity index (χ0) is 93.3. The number of primary sulfonamides is 4. The van der Waals surface area contributed by atoms with E-state index in [1.165, 1.54) is 74.7 Å². The normalized spacial score (nSPS) is 19.6. The molecule has 0 radical (unpaired) electrons. The molecule has 5 saturated carbocycles. The smallest absolute Gasteiger partial charge is 0.255 e. The molecular formula is C85H108N36O8S4. The number of sulfonamides is 4. The largest absolute Gasteiger partial charge is 0.323 e. The molecule has 5 fully saturated rings. The molecule has 0 bridgehead atoms. The molecular weight excluding hydrogens is 1780 g/mol. The summed E-state index contributed by atoms with van der Waals surface area (Å²) >= 11 is 0. The average molecular weight is 1890 g/mol. The molecule has 0 unspecified atom stereocenters. The highest BCUT2D eigenvalue weighted by molar-refractivity contribution is 7.89. The number of hydrogen-bond donors (Lipinski definition) is 12. The van der Waals surface area contributed by atoms with E-state index in [-0.39, 0.29) is 48.3 Å². The van der Waals surface area contributed by atoms with Crippen LogP contribution in [0, 0.1) is 0 Å². The van der Waals surface area contributed by atoms with E-state index in [0.29, 0.717) is 52.6 Å². The van der Waals surface area contributed by atoms with Gasteiger partial charge in [0, 0.05) is 94.2 Å². The van der Waals surface area contributed by atoms with Crippen LogP contribution in [0.1, 0.15) is 162 Å². The number of aliphatic imine (C=N–C) groups is 4. The number of pyridine rings is 4. The summed E-state index contributed by atoms with van der Waals surface area (Å²) in [5, 5.41) is 44.5. The number of hydrazine groups is 4. The minimum Gasteiger partial charge on any atom is -0.323 e. The van der Waals surface area contributed by atoms with Gasteiger partial charge in [-0.3, -0.25) is 80.0 Å². The average Bonchev–Trinajstić information content (AvgIpc) is 1.57. The fourth-order valence-corrected chi connectivity index (χ4v) is 21.7. The van der Waals surface area contributed by atoms with E-state index in [4.69, 9.17) is 45.5 Å². The number of anilines is 12. The Kier molecular flexibility index (Phi) is 24.2. The lowest BCUT2D eigenvalue weighted by Crippen LogP contribution is -2.62. The second-order valence-corrected chi connectivity index (χ2v) is 41.0. The second-order valence-electron chi connectivity index (χ2n) is 34.9. The maximum absolute atomic E-state index is 11.5. The van der Waals surface area contributed by atoms with Crippen molar-refractivity contribution >= 4 is 177 Å². The number of rotatable bonds is 15. The predicted molar refractivity (Wildman–Crippen MR) is 510 cm³/mol. The number of nitrogens with zero attached hydrogens (tertiary/aromatic N) is 24. The number of nitrogens with one attached hydrogen (secondary N) is 8. The fraction of sp³-hybridized carbons (Fsp3) is 0.435. The Bertz CT molecular complexity index is 6850. The van der Waals surface area contributed by atoms with E-state index >= 15 is 0 Å². The molecule has 0 atom stereocenters. The molecule has 4 spiro atoms. The number of hydrogen-bond acceptors (Lipinski definition) is 32. The highest BCUT2D eigenvalue weighted by Crippen LogP contribution is 2.51. The van der Waals surface area contributed by atoms with Gasteiger partial charge in [-0.25, -0.2) is 94.1 Å². The number of amidine groups is 4. The van der Waals surface area contributed by atoms with Gasteiger partial charge >= 0.3 is 0 Å². The number of fused-ring (bicyclic) bond motifs is 16. The lowest BCUT2D eigenvalue weighted by molar-refractivity contribution is 0.267. The third-order valence-electron chi connectivity index (χ3n) is 26.1. The lowest BCUT2D eigenvalue weighted by atomic mass is 9.79. The SMILES string of the molecule is CCN1NC(=NC)C2(CCCCC2)n2c1cc1cnc(Nc3ccc(S(N)(=O)=O)nc3)nc12.CN=C1NN(C(C)C)c2cc3cnc(Nc4ccc(S(N)(=O)=O)nc4)nc3n2C12CCCCC2.CN=C1NN(C)c2cc3cnc(Nc4ccc(S(N)(=O)=O)nc4)nc3n2C12CCCCC2.CN=C1NN(C2CC2)c2cc3cnc(Nc4ccc(S(N)(=O)=O)nc4)nc3n2C12CCCCC2. The molecule has 0 saturated heterocycles. The van der Waals surface area contributed by atoms with Crippen molar-refractivity contribution in [3.8, 4) is 0 Å². The zero-order valence-electron chi connectivity index (χ0n) is 74.9. The molecule has 0 amide bonds. The Balaban J connectivity index is 0.000000119. The summed E-state index contributed by atoms with van der Waals surface area (Å²) in [7, 11) is -6.07. The summed E-state index contributed by atoms with van der Waals surface area (Å²) in [6.45, 7) is 7.14. The van der Waals surface area contributed by atoms with Gasteiger partial charge in [-0.1, -0.05) is 77.0 Å². The van der Waals surface area contributed by atoms with Gasteiger partial charge in [-0.05, 0) is 158 Å². The first-order chi connectivity index (χ1) is 63.8. The molecule has 700 valence electrons. The van der Waals surface area contributed by atoms with Crippen LogP contribution < -0.4 is 83.6 Å². The maximum atomic E-state index is 11.5. The van der Waals surface area contributed by atoms with Crippen LogP contribution in [0.2, 0.25) is 0 Å². The van der Waals surface area contributed by atoms with Crippen LogP contribution in [0.5, 0.6) is 0 Å². The summed E-state index contributed by atoms with van der Waals surface area (Å²) in [5.41, 5.74) is 18.8. The molecule has 21 rings (SSSR count). The van der Waals surface area contributed by atoms with Gasteiger partial charge < -0.3 is 21.3 Å². The van der Waals surface area contributed by atoms with Crippen molar-refractivity contribution in [1.29, 1.82) is 0 Å². The second kappa shape index (κ2) is 35.5. The molecule has 16 N–H and O–H groups in total. The van der Waals surface area contributed by atoms with Gasteiger partial charge in [0.05, 0.1) is 53.6 Å². The van der Waals surface area contributed by atoms with E-state index in [1.54, 1.807) is 42.9 Å². The minimum absolute atomic E-state index is 0.187. The van der Waals surface area contributed by atoms with Crippen molar-refractivity contribution in [2.24, 2.45) is 40.5 Å². The van der Waals surface area contributed by atoms with Crippen molar-refractivity contribution in [1.82, 2.24) is 99.8 Å². The zero-order valence-corrected chi connectivity index (χ0v) is 78.2. The summed E-state index contributed by atoms with van der Waals surface area (Å²) < 4.78 is 101. The summed E-state index contributed by atoms with van der Waals surface area (Å²) in [5.74, 6) is 9.69. The van der Waals surface area contributed by atoms with Gasteiger partial charge in [0.15, 0.2) is 20.1 Å². The molecule has 12 aromatic heterocycles.